The van der Waals surface area contributed by atoms with E-state index in [1.54, 1.807) is 19.5 Å². The lowest BCUT2D eigenvalue weighted by molar-refractivity contribution is 0.414. The van der Waals surface area contributed by atoms with Crippen LogP contribution in [0.1, 0.15) is 25.1 Å². The minimum atomic E-state index is 0.550. The average Bonchev–Trinajstić information content (AvgIpc) is 2.90. The van der Waals surface area contributed by atoms with Crippen molar-refractivity contribution in [2.45, 2.75) is 26.8 Å². The first-order valence-electron chi connectivity index (χ1n) is 7.85. The Balaban J connectivity index is 1.85. The lowest BCUT2D eigenvalue weighted by atomic mass is 10.1. The first-order chi connectivity index (χ1) is 11.2. The van der Waals surface area contributed by atoms with Crippen LogP contribution in [0.2, 0.25) is 0 Å². The summed E-state index contributed by atoms with van der Waals surface area (Å²) in [4.78, 5) is 8.87. The van der Waals surface area contributed by atoms with Crippen LogP contribution in [0.4, 0.5) is 5.82 Å². The van der Waals surface area contributed by atoms with Gasteiger partial charge in [0, 0.05) is 18.9 Å². The first kappa shape index (κ1) is 15.3. The SMILES string of the molecule is COc1ccc(CNc2c(CC(C)C)nc3cnccn23)cc1. The summed E-state index contributed by atoms with van der Waals surface area (Å²) in [5.74, 6) is 2.47. The summed E-state index contributed by atoms with van der Waals surface area (Å²) < 4.78 is 7.26. The van der Waals surface area contributed by atoms with E-state index in [0.717, 1.165) is 35.9 Å². The quantitative estimate of drug-likeness (QED) is 0.756. The molecular weight excluding hydrogens is 288 g/mol. The molecule has 0 atom stereocenters. The van der Waals surface area contributed by atoms with Crippen molar-refractivity contribution in [1.29, 1.82) is 0 Å². The zero-order valence-electron chi connectivity index (χ0n) is 13.8. The number of benzene rings is 1. The third kappa shape index (κ3) is 3.44. The molecule has 0 bridgehead atoms. The van der Waals surface area contributed by atoms with E-state index >= 15 is 0 Å². The van der Waals surface area contributed by atoms with Crippen LogP contribution in [0.15, 0.2) is 42.9 Å². The van der Waals surface area contributed by atoms with E-state index in [-0.39, 0.29) is 0 Å². The summed E-state index contributed by atoms with van der Waals surface area (Å²) in [6.07, 6.45) is 6.46. The summed E-state index contributed by atoms with van der Waals surface area (Å²) in [6.45, 7) is 5.15. The van der Waals surface area contributed by atoms with E-state index in [9.17, 15) is 0 Å². The van der Waals surface area contributed by atoms with Gasteiger partial charge in [-0.3, -0.25) is 9.38 Å². The summed E-state index contributed by atoms with van der Waals surface area (Å²) in [6, 6.07) is 8.09. The Bertz CT molecular complexity index is 777. The maximum absolute atomic E-state index is 5.20. The smallest absolute Gasteiger partial charge is 0.157 e. The highest BCUT2D eigenvalue weighted by Gasteiger charge is 2.13. The standard InChI is InChI=1S/C18H22N4O/c1-13(2)10-16-18(22-9-8-19-12-17(22)21-16)20-11-14-4-6-15(23-3)7-5-14/h4-9,12-13,20H,10-11H2,1-3H3. The molecule has 0 saturated carbocycles. The number of hydrogen-bond acceptors (Lipinski definition) is 4. The molecule has 120 valence electrons. The molecule has 0 amide bonds. The van der Waals surface area contributed by atoms with E-state index in [0.29, 0.717) is 5.92 Å². The maximum atomic E-state index is 5.20. The van der Waals surface area contributed by atoms with Crippen molar-refractivity contribution in [2.75, 3.05) is 12.4 Å². The van der Waals surface area contributed by atoms with Gasteiger partial charge in [0.2, 0.25) is 0 Å². The molecule has 23 heavy (non-hydrogen) atoms. The number of imidazole rings is 1. The zero-order valence-corrected chi connectivity index (χ0v) is 13.8. The van der Waals surface area contributed by atoms with Gasteiger partial charge in [0.25, 0.3) is 0 Å². The van der Waals surface area contributed by atoms with E-state index < -0.39 is 0 Å². The van der Waals surface area contributed by atoms with Crippen molar-refractivity contribution in [3.63, 3.8) is 0 Å². The van der Waals surface area contributed by atoms with Crippen LogP contribution >= 0.6 is 0 Å². The number of nitrogens with zero attached hydrogens (tertiary/aromatic N) is 3. The van der Waals surface area contributed by atoms with Gasteiger partial charge in [0.05, 0.1) is 19.0 Å². The molecule has 1 aromatic carbocycles. The van der Waals surface area contributed by atoms with Gasteiger partial charge in [-0.05, 0) is 30.0 Å². The fourth-order valence-corrected chi connectivity index (χ4v) is 2.60. The molecule has 0 radical (unpaired) electrons. The number of anilines is 1. The van der Waals surface area contributed by atoms with Gasteiger partial charge >= 0.3 is 0 Å². The molecule has 3 aromatic rings. The second kappa shape index (κ2) is 6.69. The Morgan fingerprint density at radius 1 is 1.22 bits per heavy atom. The molecular formula is C18H22N4O. The molecule has 0 saturated heterocycles. The molecule has 0 aliphatic carbocycles. The van der Waals surface area contributed by atoms with Crippen LogP contribution in [0.5, 0.6) is 5.75 Å². The summed E-state index contributed by atoms with van der Waals surface area (Å²) in [5, 5.41) is 3.53. The molecule has 2 heterocycles. The predicted molar refractivity (Wildman–Crippen MR) is 91.8 cm³/mol. The Hall–Kier alpha value is -2.56. The van der Waals surface area contributed by atoms with Gasteiger partial charge in [-0.1, -0.05) is 26.0 Å². The third-order valence-corrected chi connectivity index (χ3v) is 3.72. The van der Waals surface area contributed by atoms with Crippen LogP contribution in [0.3, 0.4) is 0 Å². The van der Waals surface area contributed by atoms with Crippen LogP contribution in [0, 0.1) is 5.92 Å². The Morgan fingerprint density at radius 3 is 2.70 bits per heavy atom. The van der Waals surface area contributed by atoms with Crippen molar-refractivity contribution in [3.8, 4) is 5.75 Å². The Labute approximate surface area is 136 Å². The van der Waals surface area contributed by atoms with Crippen molar-refractivity contribution < 1.29 is 4.74 Å². The molecule has 0 fully saturated rings. The highest BCUT2D eigenvalue weighted by molar-refractivity contribution is 5.54. The molecule has 3 rings (SSSR count). The highest BCUT2D eigenvalue weighted by atomic mass is 16.5. The third-order valence-electron chi connectivity index (χ3n) is 3.72. The van der Waals surface area contributed by atoms with Crippen molar-refractivity contribution in [2.24, 2.45) is 5.92 Å². The number of nitrogens with one attached hydrogen (secondary N) is 1. The number of fused-ring (bicyclic) bond motifs is 1. The first-order valence-corrected chi connectivity index (χ1v) is 7.85. The topological polar surface area (TPSA) is 51.5 Å². The van der Waals surface area contributed by atoms with Gasteiger partial charge in [-0.15, -0.1) is 0 Å². The van der Waals surface area contributed by atoms with E-state index in [4.69, 9.17) is 9.72 Å². The van der Waals surface area contributed by atoms with Gasteiger partial charge in [-0.2, -0.15) is 0 Å². The Kier molecular flexibility index (Phi) is 4.46. The normalized spacial score (nSPS) is 11.1. The number of rotatable bonds is 6. The number of aromatic nitrogens is 3. The molecule has 5 heteroatoms. The van der Waals surface area contributed by atoms with E-state index in [1.165, 1.54) is 5.56 Å². The number of ether oxygens (including phenoxy) is 1. The lowest BCUT2D eigenvalue weighted by Gasteiger charge is -2.10. The van der Waals surface area contributed by atoms with E-state index in [1.807, 2.05) is 18.3 Å². The second-order valence-corrected chi connectivity index (χ2v) is 6.01. The average molecular weight is 310 g/mol. The molecule has 1 N–H and O–H groups in total. The van der Waals surface area contributed by atoms with Crippen LogP contribution in [-0.4, -0.2) is 21.5 Å². The monoisotopic (exact) mass is 310 g/mol. The second-order valence-electron chi connectivity index (χ2n) is 6.01. The molecule has 0 aliphatic heterocycles. The fraction of sp³-hybridized carbons (Fsp3) is 0.333. The van der Waals surface area contributed by atoms with Gasteiger partial charge in [-0.25, -0.2) is 4.98 Å². The summed E-state index contributed by atoms with van der Waals surface area (Å²) >= 11 is 0. The number of hydrogen-bond donors (Lipinski definition) is 1. The minimum Gasteiger partial charge on any atom is -0.497 e. The molecule has 0 aliphatic rings. The van der Waals surface area contributed by atoms with E-state index in [2.05, 4.69) is 40.7 Å². The highest BCUT2D eigenvalue weighted by Crippen LogP contribution is 2.22. The van der Waals surface area contributed by atoms with Crippen LogP contribution < -0.4 is 10.1 Å². The summed E-state index contributed by atoms with van der Waals surface area (Å²) in [7, 11) is 1.68. The van der Waals surface area contributed by atoms with Crippen molar-refractivity contribution in [3.05, 3.63) is 54.1 Å². The van der Waals surface area contributed by atoms with Gasteiger partial charge < -0.3 is 10.1 Å². The minimum absolute atomic E-state index is 0.550. The molecule has 5 nitrogen and oxygen atoms in total. The summed E-state index contributed by atoms with van der Waals surface area (Å²) in [5.41, 5.74) is 3.16. The van der Waals surface area contributed by atoms with Crippen LogP contribution in [-0.2, 0) is 13.0 Å². The van der Waals surface area contributed by atoms with Gasteiger partial charge in [0.15, 0.2) is 5.65 Å². The Morgan fingerprint density at radius 2 is 2.00 bits per heavy atom. The lowest BCUT2D eigenvalue weighted by Crippen LogP contribution is -2.06. The molecule has 0 spiro atoms. The zero-order chi connectivity index (χ0) is 16.2. The maximum Gasteiger partial charge on any atom is 0.157 e. The predicted octanol–water partition coefficient (Wildman–Crippen LogP) is 3.55. The van der Waals surface area contributed by atoms with Crippen molar-refractivity contribution in [1.82, 2.24) is 14.4 Å². The number of methoxy groups -OCH3 is 1. The molecule has 0 unspecified atom stereocenters. The van der Waals surface area contributed by atoms with Crippen molar-refractivity contribution >= 4 is 11.5 Å². The largest absolute Gasteiger partial charge is 0.497 e. The van der Waals surface area contributed by atoms with Gasteiger partial charge in [0.1, 0.15) is 11.6 Å². The van der Waals surface area contributed by atoms with Crippen LogP contribution in [0.25, 0.3) is 5.65 Å². The molecule has 2 aromatic heterocycles. The fourth-order valence-electron chi connectivity index (χ4n) is 2.60.